The van der Waals surface area contributed by atoms with E-state index in [4.69, 9.17) is 30.7 Å². The molecule has 1 aromatic heterocycles. The predicted octanol–water partition coefficient (Wildman–Crippen LogP) is 0.141. The number of carbonyl (C=O) groups is 1. The van der Waals surface area contributed by atoms with E-state index in [0.29, 0.717) is 5.56 Å². The maximum Gasteiger partial charge on any atom is 0.490 e. The van der Waals surface area contributed by atoms with Crippen molar-refractivity contribution in [3.05, 3.63) is 58.1 Å². The second kappa shape index (κ2) is 11.8. The van der Waals surface area contributed by atoms with E-state index in [0.717, 1.165) is 4.57 Å². The van der Waals surface area contributed by atoms with Crippen molar-refractivity contribution in [1.29, 1.82) is 0 Å². The van der Waals surface area contributed by atoms with Crippen LogP contribution in [0.25, 0.3) is 0 Å². The molecular weight excluding hydrogens is 577 g/mol. The fourth-order valence-corrected chi connectivity index (χ4v) is 6.39. The number of nitrogen functional groups attached to an aromatic ring is 1. The first-order valence-electron chi connectivity index (χ1n) is 10.4. The number of ether oxygens (including phenoxy) is 2. The van der Waals surface area contributed by atoms with Crippen LogP contribution in [0.15, 0.2) is 41.3 Å². The van der Waals surface area contributed by atoms with E-state index in [1.54, 1.807) is 18.2 Å². The van der Waals surface area contributed by atoms with Crippen LogP contribution in [-0.4, -0.2) is 53.9 Å². The summed E-state index contributed by atoms with van der Waals surface area (Å²) in [7, 11) is -16.9. The summed E-state index contributed by atoms with van der Waals surface area (Å²) in [5, 5.41) is 0. The number of phosphoric ester groups is 1. The fraction of sp³-hybridized carbons (Fsp3) is 0.353. The number of anilines is 1. The Balaban J connectivity index is 1.80. The minimum atomic E-state index is -5.76. The minimum absolute atomic E-state index is 0.0109. The molecule has 8 N–H and O–H groups in total. The number of benzene rings is 1. The molecule has 0 bridgehead atoms. The van der Waals surface area contributed by atoms with Gasteiger partial charge in [-0.3, -0.25) is 9.09 Å². The summed E-state index contributed by atoms with van der Waals surface area (Å²) in [6.45, 7) is -0.912. The van der Waals surface area contributed by atoms with Gasteiger partial charge in [0.25, 0.3) is 0 Å². The monoisotopic (exact) mass is 600 g/mol. The van der Waals surface area contributed by atoms with Gasteiger partial charge in [-0.25, -0.2) is 23.3 Å². The van der Waals surface area contributed by atoms with Crippen molar-refractivity contribution in [3.63, 3.8) is 0 Å². The van der Waals surface area contributed by atoms with Gasteiger partial charge in [-0.15, -0.1) is 0 Å². The normalized spacial score (nSPS) is 22.9. The quantitative estimate of drug-likeness (QED) is 0.148. The summed E-state index contributed by atoms with van der Waals surface area (Å²) < 4.78 is 58.6. The number of aromatic nitrogens is 2. The molecule has 0 amide bonds. The Morgan fingerprint density at radius 3 is 2.42 bits per heavy atom. The van der Waals surface area contributed by atoms with Gasteiger partial charge in [0.1, 0.15) is 24.3 Å². The smallest absolute Gasteiger partial charge is 0.456 e. The van der Waals surface area contributed by atoms with Crippen LogP contribution in [0.3, 0.4) is 0 Å². The van der Waals surface area contributed by atoms with Crippen LogP contribution in [-0.2, 0) is 42.9 Å². The van der Waals surface area contributed by atoms with Crippen molar-refractivity contribution in [2.45, 2.75) is 31.4 Å². The first-order valence-corrected chi connectivity index (χ1v) is 14.9. The summed E-state index contributed by atoms with van der Waals surface area (Å²) >= 11 is 0. The zero-order valence-corrected chi connectivity index (χ0v) is 21.8. The molecule has 1 aromatic carbocycles. The summed E-state index contributed by atoms with van der Waals surface area (Å²) in [6.07, 6.45) is -2.61. The SMILES string of the molecule is NCc1ccccc1C(=O)O[C@@H]1C[C@H](n2ccc(N)nc2=O)OC1COP(=O)(O)OP(=O)(O)OP(=O)(O)O. The molecule has 1 saturated heterocycles. The van der Waals surface area contributed by atoms with Crippen LogP contribution < -0.4 is 17.2 Å². The van der Waals surface area contributed by atoms with E-state index >= 15 is 0 Å². The second-order valence-corrected chi connectivity index (χ2v) is 12.0. The third-order valence-electron chi connectivity index (χ3n) is 4.88. The van der Waals surface area contributed by atoms with Gasteiger partial charge in [-0.1, -0.05) is 18.2 Å². The molecule has 2 aromatic rings. The Kier molecular flexibility index (Phi) is 9.42. The molecule has 38 heavy (non-hydrogen) atoms. The number of nitrogens with two attached hydrogens (primary N) is 2. The van der Waals surface area contributed by atoms with Gasteiger partial charge in [0.15, 0.2) is 0 Å². The molecule has 1 aliphatic heterocycles. The van der Waals surface area contributed by atoms with Gasteiger partial charge < -0.3 is 40.5 Å². The fourth-order valence-electron chi connectivity index (χ4n) is 3.36. The van der Waals surface area contributed by atoms with Crippen molar-refractivity contribution < 1.29 is 60.7 Å². The molecule has 2 heterocycles. The average molecular weight is 600 g/mol. The van der Waals surface area contributed by atoms with Crippen LogP contribution in [0, 0.1) is 0 Å². The minimum Gasteiger partial charge on any atom is -0.456 e. The van der Waals surface area contributed by atoms with Gasteiger partial charge in [0.2, 0.25) is 0 Å². The summed E-state index contributed by atoms with van der Waals surface area (Å²) in [5.41, 5.74) is 10.9. The van der Waals surface area contributed by atoms with E-state index in [1.165, 1.54) is 18.3 Å². The predicted molar refractivity (Wildman–Crippen MR) is 125 cm³/mol. The number of hydrogen-bond acceptors (Lipinski definition) is 13. The van der Waals surface area contributed by atoms with Crippen LogP contribution >= 0.6 is 23.5 Å². The third-order valence-corrected chi connectivity index (χ3v) is 8.68. The van der Waals surface area contributed by atoms with E-state index in [1.807, 2.05) is 0 Å². The van der Waals surface area contributed by atoms with Gasteiger partial charge in [0, 0.05) is 19.2 Å². The molecule has 0 radical (unpaired) electrons. The highest BCUT2D eigenvalue weighted by Crippen LogP contribution is 2.66. The first-order chi connectivity index (χ1) is 17.6. The van der Waals surface area contributed by atoms with Crippen molar-refractivity contribution in [3.8, 4) is 0 Å². The second-order valence-electron chi connectivity index (χ2n) is 7.60. The molecule has 21 heteroatoms. The molecule has 0 saturated carbocycles. The number of nitrogens with zero attached hydrogens (tertiary/aromatic N) is 2. The van der Waals surface area contributed by atoms with Crippen molar-refractivity contribution in [2.75, 3.05) is 12.3 Å². The number of esters is 1. The topological polar surface area (TPSA) is 282 Å². The molecule has 0 aliphatic carbocycles. The Labute approximate surface area is 213 Å². The molecule has 1 aliphatic rings. The molecule has 5 atom stereocenters. The third kappa shape index (κ3) is 8.35. The van der Waals surface area contributed by atoms with Gasteiger partial charge >= 0.3 is 35.1 Å². The van der Waals surface area contributed by atoms with Gasteiger partial charge in [-0.2, -0.15) is 13.6 Å². The Morgan fingerprint density at radius 1 is 1.11 bits per heavy atom. The molecule has 3 unspecified atom stereocenters. The first kappa shape index (κ1) is 30.2. The van der Waals surface area contributed by atoms with E-state index in [9.17, 15) is 33.1 Å². The zero-order chi connectivity index (χ0) is 28.3. The lowest BCUT2D eigenvalue weighted by Crippen LogP contribution is -2.31. The Morgan fingerprint density at radius 2 is 1.79 bits per heavy atom. The zero-order valence-electron chi connectivity index (χ0n) is 19.1. The van der Waals surface area contributed by atoms with Gasteiger partial charge in [0.05, 0.1) is 12.2 Å². The van der Waals surface area contributed by atoms with Crippen molar-refractivity contribution in [1.82, 2.24) is 9.55 Å². The number of carbonyl (C=O) groups excluding carboxylic acids is 1. The molecule has 210 valence electrons. The highest BCUT2D eigenvalue weighted by atomic mass is 31.3. The lowest BCUT2D eigenvalue weighted by Gasteiger charge is -2.21. The highest BCUT2D eigenvalue weighted by molar-refractivity contribution is 7.66. The summed E-state index contributed by atoms with van der Waals surface area (Å²) in [5.74, 6) is -0.916. The van der Waals surface area contributed by atoms with Crippen LogP contribution in [0.2, 0.25) is 0 Å². The maximum absolute atomic E-state index is 12.8. The lowest BCUT2D eigenvalue weighted by atomic mass is 10.1. The summed E-state index contributed by atoms with van der Waals surface area (Å²) in [4.78, 5) is 65.0. The van der Waals surface area contributed by atoms with Crippen LogP contribution in [0.5, 0.6) is 0 Å². The average Bonchev–Trinajstić information content (AvgIpc) is 3.17. The number of rotatable bonds is 11. The standard InChI is InChI=1S/C17H23N4O14P3/c18-8-10-3-1-2-4-11(10)16(22)33-12-7-15(21-6-5-14(19)20-17(21)23)32-13(12)9-31-37(27,28)35-38(29,30)34-36(24,25)26/h1-6,12-13,15H,7-9,18H2,(H,27,28)(H,29,30)(H2,19,20,23)(H2,24,25,26)/t12-,13?,15-/m1/s1. The lowest BCUT2D eigenvalue weighted by molar-refractivity contribution is -0.0511. The van der Waals surface area contributed by atoms with Crippen molar-refractivity contribution in [2.24, 2.45) is 5.73 Å². The molecule has 1 fully saturated rings. The Hall–Kier alpha value is -2.30. The highest BCUT2D eigenvalue weighted by Gasteiger charge is 2.44. The van der Waals surface area contributed by atoms with Crippen molar-refractivity contribution >= 4 is 35.3 Å². The van der Waals surface area contributed by atoms with E-state index < -0.39 is 60.2 Å². The summed E-state index contributed by atoms with van der Waals surface area (Å²) in [6, 6.07) is 7.56. The molecular formula is C17H23N4O14P3. The largest absolute Gasteiger partial charge is 0.490 e. The van der Waals surface area contributed by atoms with Crippen LogP contribution in [0.4, 0.5) is 5.82 Å². The van der Waals surface area contributed by atoms with E-state index in [-0.39, 0.29) is 24.3 Å². The molecule has 3 rings (SSSR count). The molecule has 0 spiro atoms. The number of phosphoric acid groups is 3. The Bertz CT molecular complexity index is 1380. The maximum atomic E-state index is 12.8. The van der Waals surface area contributed by atoms with Crippen LogP contribution in [0.1, 0.15) is 28.6 Å². The number of hydrogen-bond donors (Lipinski definition) is 6. The van der Waals surface area contributed by atoms with E-state index in [2.05, 4.69) is 18.1 Å². The van der Waals surface area contributed by atoms with Gasteiger partial charge in [-0.05, 0) is 17.7 Å². The molecule has 18 nitrogen and oxygen atoms in total.